The Bertz CT molecular complexity index is 1260. The average molecular weight is 478 g/mol. The van der Waals surface area contributed by atoms with Gasteiger partial charge in [-0.1, -0.05) is 11.6 Å². The SMILES string of the molecule is COc1ccc(S(=O)(=O)n2c(C(=O)N3CCN(C)CC3)c(Cl)c3cc(OC)ccc32)cc1. The molecule has 170 valence electrons. The van der Waals surface area contributed by atoms with Gasteiger partial charge in [0.25, 0.3) is 15.9 Å². The van der Waals surface area contributed by atoms with Gasteiger partial charge in [0.1, 0.15) is 17.2 Å². The largest absolute Gasteiger partial charge is 0.497 e. The lowest BCUT2D eigenvalue weighted by atomic mass is 10.2. The highest BCUT2D eigenvalue weighted by molar-refractivity contribution is 7.90. The van der Waals surface area contributed by atoms with Gasteiger partial charge in [-0.25, -0.2) is 12.4 Å². The second kappa shape index (κ2) is 8.65. The summed E-state index contributed by atoms with van der Waals surface area (Å²) in [4.78, 5) is 17.3. The molecule has 2 aromatic carbocycles. The predicted molar refractivity (Wildman–Crippen MR) is 122 cm³/mol. The maximum atomic E-state index is 13.7. The maximum Gasteiger partial charge on any atom is 0.273 e. The van der Waals surface area contributed by atoms with Crippen LogP contribution in [0.4, 0.5) is 0 Å². The molecule has 1 saturated heterocycles. The van der Waals surface area contributed by atoms with E-state index >= 15 is 0 Å². The van der Waals surface area contributed by atoms with Crippen LogP contribution in [-0.4, -0.2) is 75.5 Å². The van der Waals surface area contributed by atoms with E-state index in [1.54, 1.807) is 35.2 Å². The summed E-state index contributed by atoms with van der Waals surface area (Å²) in [5.74, 6) is 0.616. The fraction of sp³-hybridized carbons (Fsp3) is 0.318. The van der Waals surface area contributed by atoms with Gasteiger partial charge < -0.3 is 19.3 Å². The molecular formula is C22H24ClN3O5S. The van der Waals surface area contributed by atoms with Crippen molar-refractivity contribution in [1.29, 1.82) is 0 Å². The summed E-state index contributed by atoms with van der Waals surface area (Å²) in [6.07, 6.45) is 0. The van der Waals surface area contributed by atoms with Crippen LogP contribution in [0.2, 0.25) is 5.02 Å². The number of benzene rings is 2. The Morgan fingerprint density at radius 2 is 1.53 bits per heavy atom. The zero-order valence-corrected chi connectivity index (χ0v) is 19.6. The number of rotatable bonds is 5. The molecule has 1 aliphatic rings. The van der Waals surface area contributed by atoms with E-state index in [0.29, 0.717) is 48.6 Å². The van der Waals surface area contributed by atoms with Gasteiger partial charge in [0.05, 0.1) is 29.7 Å². The van der Waals surface area contributed by atoms with Crippen LogP contribution in [0.25, 0.3) is 10.9 Å². The van der Waals surface area contributed by atoms with Crippen molar-refractivity contribution >= 4 is 38.4 Å². The second-order valence-electron chi connectivity index (χ2n) is 7.59. The van der Waals surface area contributed by atoms with Crippen LogP contribution in [0.1, 0.15) is 10.5 Å². The summed E-state index contributed by atoms with van der Waals surface area (Å²) >= 11 is 6.66. The number of nitrogens with zero attached hydrogens (tertiary/aromatic N) is 3. The van der Waals surface area contributed by atoms with Crippen molar-refractivity contribution in [3.63, 3.8) is 0 Å². The van der Waals surface area contributed by atoms with Gasteiger partial charge in [0.2, 0.25) is 0 Å². The zero-order chi connectivity index (χ0) is 23.0. The number of amides is 1. The van der Waals surface area contributed by atoms with Crippen LogP contribution in [0.15, 0.2) is 47.4 Å². The van der Waals surface area contributed by atoms with E-state index in [9.17, 15) is 13.2 Å². The topological polar surface area (TPSA) is 81.1 Å². The van der Waals surface area contributed by atoms with Crippen LogP contribution < -0.4 is 9.47 Å². The quantitative estimate of drug-likeness (QED) is 0.562. The van der Waals surface area contributed by atoms with E-state index < -0.39 is 15.9 Å². The van der Waals surface area contributed by atoms with Gasteiger partial charge in [-0.2, -0.15) is 0 Å². The molecule has 10 heteroatoms. The van der Waals surface area contributed by atoms with E-state index in [1.165, 1.54) is 26.4 Å². The molecule has 1 fully saturated rings. The lowest BCUT2D eigenvalue weighted by Crippen LogP contribution is -2.47. The van der Waals surface area contributed by atoms with Gasteiger partial charge in [-0.15, -0.1) is 0 Å². The Kier molecular flexibility index (Phi) is 6.07. The molecule has 0 spiro atoms. The summed E-state index contributed by atoms with van der Waals surface area (Å²) in [7, 11) is 0.855. The molecule has 1 aliphatic heterocycles. The molecule has 0 bridgehead atoms. The van der Waals surface area contributed by atoms with Crippen molar-refractivity contribution in [2.24, 2.45) is 0 Å². The van der Waals surface area contributed by atoms with Crippen molar-refractivity contribution in [2.45, 2.75) is 4.90 Å². The molecule has 0 radical (unpaired) electrons. The Hall–Kier alpha value is -2.75. The lowest BCUT2D eigenvalue weighted by molar-refractivity contribution is 0.0657. The Morgan fingerprint density at radius 1 is 0.938 bits per heavy atom. The highest BCUT2D eigenvalue weighted by Crippen LogP contribution is 2.37. The van der Waals surface area contributed by atoms with E-state index in [-0.39, 0.29) is 15.6 Å². The number of methoxy groups -OCH3 is 2. The molecule has 1 amide bonds. The fourth-order valence-electron chi connectivity index (χ4n) is 3.78. The number of likely N-dealkylation sites (N-methyl/N-ethyl adjacent to an activating group) is 1. The second-order valence-corrected chi connectivity index (χ2v) is 9.75. The number of piperazine rings is 1. The maximum absolute atomic E-state index is 13.7. The first kappa shape index (κ1) is 22.4. The van der Waals surface area contributed by atoms with Gasteiger partial charge in [-0.3, -0.25) is 4.79 Å². The number of carbonyl (C=O) groups is 1. The first-order valence-corrected chi connectivity index (χ1v) is 11.8. The Labute approximate surface area is 191 Å². The molecule has 4 rings (SSSR count). The first-order chi connectivity index (χ1) is 15.3. The Morgan fingerprint density at radius 3 is 2.12 bits per heavy atom. The molecule has 1 aromatic heterocycles. The van der Waals surface area contributed by atoms with Crippen molar-refractivity contribution in [3.05, 3.63) is 53.2 Å². The van der Waals surface area contributed by atoms with Crippen molar-refractivity contribution in [3.8, 4) is 11.5 Å². The van der Waals surface area contributed by atoms with Crippen LogP contribution in [0, 0.1) is 0 Å². The average Bonchev–Trinajstić information content (AvgIpc) is 3.11. The molecule has 0 saturated carbocycles. The minimum absolute atomic E-state index is 0.0233. The van der Waals surface area contributed by atoms with E-state index in [1.807, 2.05) is 7.05 Å². The molecule has 0 unspecified atom stereocenters. The molecule has 32 heavy (non-hydrogen) atoms. The van der Waals surface area contributed by atoms with E-state index in [2.05, 4.69) is 4.90 Å². The van der Waals surface area contributed by atoms with Gasteiger partial charge >= 0.3 is 0 Å². The smallest absolute Gasteiger partial charge is 0.273 e. The number of ether oxygens (including phenoxy) is 2. The molecule has 0 aliphatic carbocycles. The summed E-state index contributed by atoms with van der Waals surface area (Å²) in [6.45, 7) is 2.36. The lowest BCUT2D eigenvalue weighted by Gasteiger charge is -2.32. The molecule has 3 aromatic rings. The molecular weight excluding hydrogens is 454 g/mol. The third kappa shape index (κ3) is 3.80. The third-order valence-electron chi connectivity index (χ3n) is 5.66. The summed E-state index contributed by atoms with van der Waals surface area (Å²) in [6, 6.07) is 10.9. The van der Waals surface area contributed by atoms with Crippen LogP contribution >= 0.6 is 11.6 Å². The van der Waals surface area contributed by atoms with Crippen molar-refractivity contribution in [2.75, 3.05) is 47.4 Å². The molecule has 8 nitrogen and oxygen atoms in total. The van der Waals surface area contributed by atoms with Gasteiger partial charge in [0, 0.05) is 31.6 Å². The number of carbonyl (C=O) groups excluding carboxylic acids is 1. The van der Waals surface area contributed by atoms with Crippen molar-refractivity contribution in [1.82, 2.24) is 13.8 Å². The van der Waals surface area contributed by atoms with Crippen molar-refractivity contribution < 1.29 is 22.7 Å². The first-order valence-electron chi connectivity index (χ1n) is 10.0. The summed E-state index contributed by atoms with van der Waals surface area (Å²) in [5, 5.41) is 0.514. The zero-order valence-electron chi connectivity index (χ0n) is 18.0. The van der Waals surface area contributed by atoms with E-state index in [0.717, 1.165) is 3.97 Å². The molecule has 2 heterocycles. The normalized spacial score (nSPS) is 15.2. The highest BCUT2D eigenvalue weighted by atomic mass is 35.5. The van der Waals surface area contributed by atoms with Crippen LogP contribution in [0.5, 0.6) is 11.5 Å². The predicted octanol–water partition coefficient (Wildman–Crippen LogP) is 2.94. The van der Waals surface area contributed by atoms with Crippen LogP contribution in [-0.2, 0) is 10.0 Å². The van der Waals surface area contributed by atoms with Crippen LogP contribution in [0.3, 0.4) is 0 Å². The third-order valence-corrected chi connectivity index (χ3v) is 7.77. The monoisotopic (exact) mass is 477 g/mol. The number of aromatic nitrogens is 1. The van der Waals surface area contributed by atoms with E-state index in [4.69, 9.17) is 21.1 Å². The minimum Gasteiger partial charge on any atom is -0.497 e. The fourth-order valence-corrected chi connectivity index (χ4v) is 5.66. The highest BCUT2D eigenvalue weighted by Gasteiger charge is 2.33. The van der Waals surface area contributed by atoms with Gasteiger partial charge in [0.15, 0.2) is 0 Å². The number of halogens is 1. The number of fused-ring (bicyclic) bond motifs is 1. The van der Waals surface area contributed by atoms with Gasteiger partial charge in [-0.05, 0) is 49.5 Å². The molecule has 0 N–H and O–H groups in total. The standard InChI is InChI=1S/C22H24ClN3O5S/c1-24-10-12-25(13-11-24)22(27)21-20(23)18-14-16(31-3)6-9-19(18)26(21)32(28,29)17-7-4-15(30-2)5-8-17/h4-9,14H,10-13H2,1-3H3. The molecule has 0 atom stereocenters. The summed E-state index contributed by atoms with van der Waals surface area (Å²) < 4.78 is 38.9. The number of hydrogen-bond donors (Lipinski definition) is 0. The Balaban J connectivity index is 1.93. The number of hydrogen-bond acceptors (Lipinski definition) is 6. The summed E-state index contributed by atoms with van der Waals surface area (Å²) in [5.41, 5.74) is 0.236. The minimum atomic E-state index is -4.14.